The third-order valence-electron chi connectivity index (χ3n) is 4.89. The van der Waals surface area contributed by atoms with Gasteiger partial charge < -0.3 is 10.6 Å². The van der Waals surface area contributed by atoms with Crippen molar-refractivity contribution in [3.8, 4) is 0 Å². The number of benzene rings is 1. The van der Waals surface area contributed by atoms with Crippen molar-refractivity contribution >= 4 is 17.7 Å². The van der Waals surface area contributed by atoms with Gasteiger partial charge in [-0.2, -0.15) is 0 Å². The Morgan fingerprint density at radius 3 is 2.68 bits per heavy atom. The first-order valence-electron chi connectivity index (χ1n) is 7.55. The number of carbonyl (C=O) groups is 3. The van der Waals surface area contributed by atoms with Gasteiger partial charge in [-0.3, -0.25) is 19.7 Å². The van der Waals surface area contributed by atoms with Crippen molar-refractivity contribution in [2.75, 3.05) is 0 Å². The van der Waals surface area contributed by atoms with Gasteiger partial charge in [-0.25, -0.2) is 0 Å². The molecule has 1 aromatic carbocycles. The van der Waals surface area contributed by atoms with Crippen LogP contribution >= 0.6 is 0 Å². The lowest BCUT2D eigenvalue weighted by molar-refractivity contribution is -0.136. The van der Waals surface area contributed by atoms with Crippen LogP contribution in [0.1, 0.15) is 47.2 Å². The molecular weight excluding hydrogens is 282 g/mol. The molecule has 0 bridgehead atoms. The zero-order valence-electron chi connectivity index (χ0n) is 12.1. The van der Waals surface area contributed by atoms with Gasteiger partial charge in [-0.15, -0.1) is 0 Å². The Balaban J connectivity index is 1.62. The second-order valence-corrected chi connectivity index (χ2v) is 6.43. The van der Waals surface area contributed by atoms with Crippen LogP contribution in [0, 0.1) is 0 Å². The summed E-state index contributed by atoms with van der Waals surface area (Å²) in [5.74, 6) is -0.794. The maximum Gasteiger partial charge on any atom is 0.255 e. The summed E-state index contributed by atoms with van der Waals surface area (Å²) in [6, 6.07) is 5.22. The Morgan fingerprint density at radius 2 is 2.00 bits per heavy atom. The van der Waals surface area contributed by atoms with Crippen LogP contribution in [0.3, 0.4) is 0 Å². The van der Waals surface area contributed by atoms with E-state index in [-0.39, 0.29) is 29.7 Å². The van der Waals surface area contributed by atoms with Gasteiger partial charge in [-0.05, 0) is 36.5 Å². The van der Waals surface area contributed by atoms with E-state index in [0.29, 0.717) is 18.5 Å². The number of nitrogens with one attached hydrogen (secondary N) is 1. The van der Waals surface area contributed by atoms with E-state index < -0.39 is 6.04 Å². The molecule has 3 aliphatic rings. The molecule has 2 fully saturated rings. The third-order valence-corrected chi connectivity index (χ3v) is 4.89. The predicted octanol–water partition coefficient (Wildman–Crippen LogP) is 0.395. The predicted molar refractivity (Wildman–Crippen MR) is 77.6 cm³/mol. The van der Waals surface area contributed by atoms with Gasteiger partial charge in [0.2, 0.25) is 11.8 Å². The van der Waals surface area contributed by atoms with Gasteiger partial charge in [0.05, 0.1) is 0 Å². The molecule has 6 heteroatoms. The van der Waals surface area contributed by atoms with Gasteiger partial charge in [0.15, 0.2) is 0 Å². The third kappa shape index (κ3) is 1.94. The minimum Gasteiger partial charge on any atom is -0.322 e. The molecule has 3 amide bonds. The Bertz CT molecular complexity index is 709. The molecule has 1 atom stereocenters. The normalized spacial score (nSPS) is 26.0. The van der Waals surface area contributed by atoms with E-state index in [1.807, 2.05) is 18.2 Å². The molecule has 1 aromatic rings. The number of imide groups is 1. The average Bonchev–Trinajstić information content (AvgIpc) is 3.16. The second-order valence-electron chi connectivity index (χ2n) is 6.43. The summed E-state index contributed by atoms with van der Waals surface area (Å²) in [6.45, 7) is 0.415. The zero-order valence-corrected chi connectivity index (χ0v) is 12.1. The van der Waals surface area contributed by atoms with E-state index in [1.165, 1.54) is 0 Å². The molecule has 1 saturated carbocycles. The molecular formula is C16H17N3O3. The number of piperidine rings is 1. The molecule has 0 aromatic heterocycles. The van der Waals surface area contributed by atoms with Crippen LogP contribution in [0.2, 0.25) is 0 Å². The summed E-state index contributed by atoms with van der Waals surface area (Å²) in [4.78, 5) is 37.4. The number of amides is 3. The summed E-state index contributed by atoms with van der Waals surface area (Å²) in [6.07, 6.45) is 2.54. The van der Waals surface area contributed by atoms with Crippen molar-refractivity contribution in [1.29, 1.82) is 0 Å². The van der Waals surface area contributed by atoms with E-state index in [2.05, 4.69) is 5.32 Å². The maximum atomic E-state index is 12.6. The lowest BCUT2D eigenvalue weighted by atomic mass is 10.00. The lowest BCUT2D eigenvalue weighted by Crippen LogP contribution is -2.52. The standard InChI is InChI=1S/C16H17N3O3/c17-16(5-6-16)10-2-1-9-8-19(15(22)11(9)7-10)12-3-4-13(20)18-14(12)21/h1-2,7,12H,3-6,8,17H2,(H,18,20,21). The number of nitrogens with two attached hydrogens (primary N) is 1. The largest absolute Gasteiger partial charge is 0.322 e. The smallest absolute Gasteiger partial charge is 0.255 e. The quantitative estimate of drug-likeness (QED) is 0.773. The van der Waals surface area contributed by atoms with Crippen LogP contribution in [0.4, 0.5) is 0 Å². The first kappa shape index (κ1) is 13.5. The zero-order chi connectivity index (χ0) is 15.5. The van der Waals surface area contributed by atoms with Gasteiger partial charge in [0.25, 0.3) is 5.91 Å². The molecule has 1 aliphatic carbocycles. The van der Waals surface area contributed by atoms with Crippen LogP contribution in [-0.4, -0.2) is 28.7 Å². The van der Waals surface area contributed by atoms with Crippen molar-refractivity contribution in [1.82, 2.24) is 10.2 Å². The molecule has 22 heavy (non-hydrogen) atoms. The molecule has 6 nitrogen and oxygen atoms in total. The lowest BCUT2D eigenvalue weighted by Gasteiger charge is -2.29. The Kier molecular flexibility index (Phi) is 2.69. The Labute approximate surface area is 127 Å². The van der Waals surface area contributed by atoms with Crippen molar-refractivity contribution < 1.29 is 14.4 Å². The molecule has 4 rings (SSSR count). The Morgan fingerprint density at radius 1 is 1.23 bits per heavy atom. The van der Waals surface area contributed by atoms with Crippen LogP contribution < -0.4 is 11.1 Å². The number of hydrogen-bond donors (Lipinski definition) is 2. The summed E-state index contributed by atoms with van der Waals surface area (Å²) < 4.78 is 0. The summed E-state index contributed by atoms with van der Waals surface area (Å²) >= 11 is 0. The number of nitrogens with zero attached hydrogens (tertiary/aromatic N) is 1. The molecule has 1 unspecified atom stereocenters. The summed E-state index contributed by atoms with van der Waals surface area (Å²) in [7, 11) is 0. The summed E-state index contributed by atoms with van der Waals surface area (Å²) in [5.41, 5.74) is 8.46. The van der Waals surface area contributed by atoms with Gasteiger partial charge >= 0.3 is 0 Å². The molecule has 0 spiro atoms. The fourth-order valence-corrected chi connectivity index (χ4v) is 3.29. The first-order valence-corrected chi connectivity index (χ1v) is 7.55. The fraction of sp³-hybridized carbons (Fsp3) is 0.438. The fourth-order valence-electron chi connectivity index (χ4n) is 3.29. The van der Waals surface area contributed by atoms with E-state index in [4.69, 9.17) is 5.73 Å². The number of fused-ring (bicyclic) bond motifs is 1. The average molecular weight is 299 g/mol. The SMILES string of the molecule is NC1(c2ccc3c(c2)C(=O)N(C2CCC(=O)NC2=O)C3)CC1. The minimum atomic E-state index is -0.561. The molecule has 114 valence electrons. The monoisotopic (exact) mass is 299 g/mol. The molecule has 3 N–H and O–H groups in total. The highest BCUT2D eigenvalue weighted by Crippen LogP contribution is 2.43. The van der Waals surface area contributed by atoms with Crippen molar-refractivity contribution in [2.24, 2.45) is 5.73 Å². The highest BCUT2D eigenvalue weighted by Gasteiger charge is 2.43. The van der Waals surface area contributed by atoms with E-state index in [9.17, 15) is 14.4 Å². The second kappa shape index (κ2) is 4.39. The van der Waals surface area contributed by atoms with Gasteiger partial charge in [-0.1, -0.05) is 12.1 Å². The highest BCUT2D eigenvalue weighted by molar-refractivity contribution is 6.05. The molecule has 2 heterocycles. The number of rotatable bonds is 2. The van der Waals surface area contributed by atoms with Crippen LogP contribution in [0.5, 0.6) is 0 Å². The molecule has 1 saturated heterocycles. The van der Waals surface area contributed by atoms with Crippen LogP contribution in [-0.2, 0) is 21.7 Å². The van der Waals surface area contributed by atoms with E-state index in [1.54, 1.807) is 4.90 Å². The summed E-state index contributed by atoms with van der Waals surface area (Å²) in [5, 5.41) is 2.31. The number of carbonyl (C=O) groups excluding carboxylic acids is 3. The number of hydrogen-bond acceptors (Lipinski definition) is 4. The topological polar surface area (TPSA) is 92.5 Å². The maximum absolute atomic E-state index is 12.6. The first-order chi connectivity index (χ1) is 10.5. The van der Waals surface area contributed by atoms with E-state index >= 15 is 0 Å². The molecule has 0 radical (unpaired) electrons. The van der Waals surface area contributed by atoms with Gasteiger partial charge in [0.1, 0.15) is 6.04 Å². The Hall–Kier alpha value is -2.21. The van der Waals surface area contributed by atoms with Crippen molar-refractivity contribution in [3.63, 3.8) is 0 Å². The van der Waals surface area contributed by atoms with Crippen LogP contribution in [0.25, 0.3) is 0 Å². The van der Waals surface area contributed by atoms with E-state index in [0.717, 1.165) is 24.0 Å². The minimum absolute atomic E-state index is 0.143. The van der Waals surface area contributed by atoms with Gasteiger partial charge in [0, 0.05) is 24.1 Å². The van der Waals surface area contributed by atoms with Crippen molar-refractivity contribution in [3.05, 3.63) is 34.9 Å². The molecule has 2 aliphatic heterocycles. The highest BCUT2D eigenvalue weighted by atomic mass is 16.2. The van der Waals surface area contributed by atoms with Crippen LogP contribution in [0.15, 0.2) is 18.2 Å². The van der Waals surface area contributed by atoms with Crippen molar-refractivity contribution in [2.45, 2.75) is 43.8 Å².